The van der Waals surface area contributed by atoms with Crippen molar-refractivity contribution in [3.05, 3.63) is 94.3 Å². The van der Waals surface area contributed by atoms with Crippen molar-refractivity contribution in [2.24, 2.45) is 0 Å². The lowest BCUT2D eigenvalue weighted by molar-refractivity contribution is -0.132. The van der Waals surface area contributed by atoms with Crippen molar-refractivity contribution in [1.29, 1.82) is 0 Å². The summed E-state index contributed by atoms with van der Waals surface area (Å²) in [6, 6.07) is 14.8. The predicted octanol–water partition coefficient (Wildman–Crippen LogP) is 4.93. The van der Waals surface area contributed by atoms with E-state index in [9.17, 15) is 14.7 Å². The van der Waals surface area contributed by atoms with Gasteiger partial charge in [0.2, 0.25) is 0 Å². The third-order valence-electron chi connectivity index (χ3n) is 5.50. The Morgan fingerprint density at radius 3 is 2.53 bits per heavy atom. The number of aryl methyl sites for hydroxylation is 1. The van der Waals surface area contributed by atoms with E-state index in [0.717, 1.165) is 12.0 Å². The average molecular weight is 449 g/mol. The molecule has 0 aliphatic carbocycles. The van der Waals surface area contributed by atoms with Crippen molar-refractivity contribution in [1.82, 2.24) is 4.98 Å². The molecule has 1 N–H and O–H groups in total. The lowest BCUT2D eigenvalue weighted by Gasteiger charge is -2.25. The maximum absolute atomic E-state index is 13.2. The lowest BCUT2D eigenvalue weighted by Crippen LogP contribution is -2.29. The quantitative estimate of drug-likeness (QED) is 0.340. The number of amides is 1. The zero-order chi connectivity index (χ0) is 22.8. The molecule has 0 bridgehead atoms. The lowest BCUT2D eigenvalue weighted by atomic mass is 9.96. The molecule has 32 heavy (non-hydrogen) atoms. The first-order valence-electron chi connectivity index (χ1n) is 10.1. The highest BCUT2D eigenvalue weighted by Gasteiger charge is 2.47. The highest BCUT2D eigenvalue weighted by molar-refractivity contribution is 6.52. The van der Waals surface area contributed by atoms with E-state index >= 15 is 0 Å². The molecule has 3 aromatic rings. The Hall–Kier alpha value is -3.64. The molecule has 1 fully saturated rings. The second-order valence-electron chi connectivity index (χ2n) is 7.32. The number of anilines is 1. The highest BCUT2D eigenvalue weighted by atomic mass is 35.5. The van der Waals surface area contributed by atoms with Crippen LogP contribution in [-0.2, 0) is 16.0 Å². The van der Waals surface area contributed by atoms with Gasteiger partial charge in [0, 0.05) is 23.6 Å². The molecule has 0 spiro atoms. The molecule has 0 radical (unpaired) electrons. The number of benzene rings is 2. The fourth-order valence-electron chi connectivity index (χ4n) is 3.80. The van der Waals surface area contributed by atoms with Crippen LogP contribution in [0.3, 0.4) is 0 Å². The molecule has 6 nitrogen and oxygen atoms in total. The van der Waals surface area contributed by atoms with Gasteiger partial charge in [-0.25, -0.2) is 0 Å². The number of nitrogens with zero attached hydrogens (tertiary/aromatic N) is 2. The van der Waals surface area contributed by atoms with Gasteiger partial charge in [-0.3, -0.25) is 19.5 Å². The van der Waals surface area contributed by atoms with Crippen LogP contribution >= 0.6 is 11.6 Å². The molecule has 1 aromatic heterocycles. The van der Waals surface area contributed by atoms with Gasteiger partial charge in [-0.2, -0.15) is 0 Å². The molecule has 1 amide bonds. The fraction of sp³-hybridized carbons (Fsp3) is 0.160. The van der Waals surface area contributed by atoms with Gasteiger partial charge in [0.1, 0.15) is 11.5 Å². The summed E-state index contributed by atoms with van der Waals surface area (Å²) in [5.74, 6) is -1.44. The van der Waals surface area contributed by atoms with Crippen LogP contribution in [0, 0.1) is 0 Å². The molecule has 4 rings (SSSR count). The number of aliphatic hydroxyl groups excluding tert-OH is 1. The zero-order valence-electron chi connectivity index (χ0n) is 17.6. The molecule has 1 aliphatic rings. The zero-order valence-corrected chi connectivity index (χ0v) is 18.3. The van der Waals surface area contributed by atoms with Crippen LogP contribution in [0.5, 0.6) is 5.75 Å². The van der Waals surface area contributed by atoms with E-state index < -0.39 is 17.7 Å². The summed E-state index contributed by atoms with van der Waals surface area (Å²) in [5, 5.41) is 11.4. The minimum absolute atomic E-state index is 0.0577. The summed E-state index contributed by atoms with van der Waals surface area (Å²) in [6.07, 6.45) is 4.02. The largest absolute Gasteiger partial charge is 0.507 e. The number of carbonyl (C=O) groups is 2. The van der Waals surface area contributed by atoms with Crippen molar-refractivity contribution in [2.75, 3.05) is 12.0 Å². The van der Waals surface area contributed by atoms with Gasteiger partial charge in [-0.05, 0) is 53.9 Å². The SMILES string of the molecule is CCc1ccc(N2C(=O)C(=O)/C(=C(/O)c3cc(OC)ccc3Cl)C2c2cccnc2)cc1. The third-order valence-corrected chi connectivity index (χ3v) is 5.83. The second kappa shape index (κ2) is 8.85. The van der Waals surface area contributed by atoms with Crippen LogP contribution in [0.25, 0.3) is 5.76 Å². The molecule has 7 heteroatoms. The van der Waals surface area contributed by atoms with Gasteiger partial charge >= 0.3 is 0 Å². The van der Waals surface area contributed by atoms with Gasteiger partial charge in [-0.1, -0.05) is 36.7 Å². The fourth-order valence-corrected chi connectivity index (χ4v) is 4.01. The monoisotopic (exact) mass is 448 g/mol. The molecule has 1 aliphatic heterocycles. The van der Waals surface area contributed by atoms with Gasteiger partial charge in [0.05, 0.1) is 23.7 Å². The van der Waals surface area contributed by atoms with Crippen LogP contribution in [0.4, 0.5) is 5.69 Å². The van der Waals surface area contributed by atoms with Crippen molar-refractivity contribution in [2.45, 2.75) is 19.4 Å². The number of carbonyl (C=O) groups excluding carboxylic acids is 2. The summed E-state index contributed by atoms with van der Waals surface area (Å²) < 4.78 is 5.23. The van der Waals surface area contributed by atoms with E-state index in [4.69, 9.17) is 16.3 Å². The number of hydrogen-bond acceptors (Lipinski definition) is 5. The average Bonchev–Trinajstić information content (AvgIpc) is 3.10. The normalized spacial score (nSPS) is 17.6. The Bertz CT molecular complexity index is 1210. The number of hydrogen-bond donors (Lipinski definition) is 1. The molecular weight excluding hydrogens is 428 g/mol. The van der Waals surface area contributed by atoms with Gasteiger partial charge in [0.25, 0.3) is 11.7 Å². The predicted molar refractivity (Wildman–Crippen MR) is 123 cm³/mol. The van der Waals surface area contributed by atoms with Crippen LogP contribution in [-0.4, -0.2) is 28.9 Å². The van der Waals surface area contributed by atoms with E-state index in [0.29, 0.717) is 17.0 Å². The Kier molecular flexibility index (Phi) is 5.97. The molecule has 2 heterocycles. The van der Waals surface area contributed by atoms with E-state index in [1.165, 1.54) is 18.1 Å². The topological polar surface area (TPSA) is 79.7 Å². The number of pyridine rings is 1. The first-order valence-corrected chi connectivity index (χ1v) is 10.5. The molecule has 1 saturated heterocycles. The standard InChI is InChI=1S/C25H21ClN2O4/c1-3-15-6-8-17(9-7-15)28-22(16-5-4-12-27-14-16)21(24(30)25(28)31)23(29)19-13-18(32-2)10-11-20(19)26/h4-14,22,29H,3H2,1-2H3/b23-21+. The van der Waals surface area contributed by atoms with Crippen molar-refractivity contribution < 1.29 is 19.4 Å². The molecular formula is C25H21ClN2O4. The second-order valence-corrected chi connectivity index (χ2v) is 7.73. The summed E-state index contributed by atoms with van der Waals surface area (Å²) in [4.78, 5) is 31.9. The van der Waals surface area contributed by atoms with Crippen molar-refractivity contribution in [3.63, 3.8) is 0 Å². The summed E-state index contributed by atoms with van der Waals surface area (Å²) in [7, 11) is 1.49. The van der Waals surface area contributed by atoms with Crippen molar-refractivity contribution in [3.8, 4) is 5.75 Å². The highest BCUT2D eigenvalue weighted by Crippen LogP contribution is 2.43. The first kappa shape index (κ1) is 21.6. The van der Waals surface area contributed by atoms with Crippen molar-refractivity contribution >= 4 is 34.7 Å². The molecule has 162 valence electrons. The Morgan fingerprint density at radius 1 is 1.16 bits per heavy atom. The van der Waals surface area contributed by atoms with Crippen LogP contribution < -0.4 is 9.64 Å². The van der Waals surface area contributed by atoms with Crippen LogP contribution in [0.1, 0.15) is 29.7 Å². The van der Waals surface area contributed by atoms with Gasteiger partial charge in [0.15, 0.2) is 0 Å². The number of aliphatic hydroxyl groups is 1. The smallest absolute Gasteiger partial charge is 0.300 e. The van der Waals surface area contributed by atoms with E-state index in [2.05, 4.69) is 4.98 Å². The van der Waals surface area contributed by atoms with E-state index in [-0.39, 0.29) is 21.9 Å². The molecule has 2 aromatic carbocycles. The van der Waals surface area contributed by atoms with Crippen LogP contribution in [0.15, 0.2) is 72.6 Å². The Morgan fingerprint density at radius 2 is 1.91 bits per heavy atom. The number of methoxy groups -OCH3 is 1. The number of halogens is 1. The first-order chi connectivity index (χ1) is 15.5. The summed E-state index contributed by atoms with van der Waals surface area (Å²) in [6.45, 7) is 2.04. The third kappa shape index (κ3) is 3.74. The van der Waals surface area contributed by atoms with E-state index in [1.54, 1.807) is 48.8 Å². The maximum Gasteiger partial charge on any atom is 0.300 e. The molecule has 0 saturated carbocycles. The van der Waals surface area contributed by atoms with Gasteiger partial charge in [-0.15, -0.1) is 0 Å². The number of Topliss-reactive ketones (excluding diaryl/α,β-unsaturated/α-hetero) is 1. The minimum Gasteiger partial charge on any atom is -0.507 e. The van der Waals surface area contributed by atoms with Crippen LogP contribution in [0.2, 0.25) is 5.02 Å². The number of ether oxygens (including phenoxy) is 1. The minimum atomic E-state index is -0.863. The number of ketones is 1. The van der Waals surface area contributed by atoms with E-state index in [1.807, 2.05) is 19.1 Å². The Balaban J connectivity index is 1.94. The molecule has 1 atom stereocenters. The van der Waals surface area contributed by atoms with Gasteiger partial charge < -0.3 is 9.84 Å². The number of aromatic nitrogens is 1. The summed E-state index contributed by atoms with van der Waals surface area (Å²) in [5.41, 5.74) is 2.39. The number of rotatable bonds is 5. The summed E-state index contributed by atoms with van der Waals surface area (Å²) >= 11 is 6.32. The molecule has 1 unspecified atom stereocenters. The Labute approximate surface area is 190 Å². The maximum atomic E-state index is 13.2.